The number of hydrogen-bond acceptors (Lipinski definition) is 3. The van der Waals surface area contributed by atoms with Gasteiger partial charge in [0.1, 0.15) is 6.04 Å². The summed E-state index contributed by atoms with van der Waals surface area (Å²) in [4.78, 5) is 28.6. The molecule has 1 aliphatic rings. The maximum atomic E-state index is 13.0. The summed E-state index contributed by atoms with van der Waals surface area (Å²) in [7, 11) is 0. The van der Waals surface area contributed by atoms with Crippen molar-refractivity contribution in [3.63, 3.8) is 0 Å². The van der Waals surface area contributed by atoms with E-state index in [9.17, 15) is 9.59 Å². The Bertz CT molecular complexity index is 922. The molecular weight excluding hydrogens is 344 g/mol. The van der Waals surface area contributed by atoms with E-state index in [1.54, 1.807) is 22.3 Å². The molecule has 2 heterocycles. The Balaban J connectivity index is 1.59. The number of carbonyl (C=O) groups is 2. The van der Waals surface area contributed by atoms with Gasteiger partial charge in [-0.25, -0.2) is 0 Å². The number of amides is 2. The van der Waals surface area contributed by atoms with Gasteiger partial charge in [-0.1, -0.05) is 54.6 Å². The Hall–Kier alpha value is -2.92. The molecule has 1 aliphatic heterocycles. The average Bonchev–Trinajstić information content (AvgIpc) is 3.28. The van der Waals surface area contributed by atoms with Crippen LogP contribution in [0.1, 0.15) is 32.4 Å². The number of rotatable bonds is 5. The van der Waals surface area contributed by atoms with Gasteiger partial charge in [0, 0.05) is 17.0 Å². The molecule has 5 heteroatoms. The Morgan fingerprint density at radius 1 is 1.00 bits per heavy atom. The fraction of sp³-hybridized carbons (Fsp3) is 0.143. The first-order valence-corrected chi connectivity index (χ1v) is 9.36. The number of benzene rings is 2. The molecule has 0 radical (unpaired) electrons. The summed E-state index contributed by atoms with van der Waals surface area (Å²) in [5.41, 5.74) is 2.42. The van der Waals surface area contributed by atoms with E-state index < -0.39 is 6.04 Å². The van der Waals surface area contributed by atoms with Gasteiger partial charge in [-0.3, -0.25) is 9.59 Å². The first-order valence-electron chi connectivity index (χ1n) is 8.48. The zero-order valence-electron chi connectivity index (χ0n) is 14.1. The van der Waals surface area contributed by atoms with Crippen LogP contribution in [-0.4, -0.2) is 16.7 Å². The molecule has 0 saturated carbocycles. The minimum Gasteiger partial charge on any atom is -0.350 e. The van der Waals surface area contributed by atoms with Crippen molar-refractivity contribution < 1.29 is 9.59 Å². The number of fused-ring (bicyclic) bond motifs is 1. The number of hydrogen-bond donors (Lipinski definition) is 1. The normalized spacial score (nSPS) is 15.8. The molecule has 1 N–H and O–H groups in total. The lowest BCUT2D eigenvalue weighted by molar-refractivity contribution is -0.125. The second kappa shape index (κ2) is 7.14. The largest absolute Gasteiger partial charge is 0.350 e. The lowest BCUT2D eigenvalue weighted by Gasteiger charge is -2.24. The first-order chi connectivity index (χ1) is 12.7. The lowest BCUT2D eigenvalue weighted by atomic mass is 10.0. The molecule has 1 atom stereocenters. The van der Waals surface area contributed by atoms with E-state index in [1.807, 2.05) is 66.0 Å². The molecule has 4 nitrogen and oxygen atoms in total. The fourth-order valence-corrected chi connectivity index (χ4v) is 3.97. The van der Waals surface area contributed by atoms with Crippen LogP contribution in [-0.2, 0) is 17.9 Å². The monoisotopic (exact) mass is 362 g/mol. The van der Waals surface area contributed by atoms with Crippen LogP contribution in [0.2, 0.25) is 0 Å². The zero-order valence-corrected chi connectivity index (χ0v) is 14.9. The summed E-state index contributed by atoms with van der Waals surface area (Å²) in [5, 5.41) is 4.96. The highest BCUT2D eigenvalue weighted by atomic mass is 32.1. The molecular formula is C21H18N2O2S. The summed E-state index contributed by atoms with van der Waals surface area (Å²) >= 11 is 1.59. The molecule has 4 rings (SSSR count). The van der Waals surface area contributed by atoms with E-state index in [1.165, 1.54) is 0 Å². The topological polar surface area (TPSA) is 49.4 Å². The molecule has 0 fully saturated rings. The number of thiophene rings is 1. The van der Waals surface area contributed by atoms with Gasteiger partial charge < -0.3 is 10.2 Å². The molecule has 0 saturated heterocycles. The van der Waals surface area contributed by atoms with Gasteiger partial charge in [0.15, 0.2) is 0 Å². The van der Waals surface area contributed by atoms with Crippen molar-refractivity contribution in [1.29, 1.82) is 0 Å². The molecule has 1 unspecified atom stereocenters. The Labute approximate surface area is 156 Å². The Kier molecular flexibility index (Phi) is 4.54. The van der Waals surface area contributed by atoms with Gasteiger partial charge in [0.25, 0.3) is 5.91 Å². The van der Waals surface area contributed by atoms with Crippen LogP contribution >= 0.6 is 11.3 Å². The van der Waals surface area contributed by atoms with Crippen molar-refractivity contribution in [2.75, 3.05) is 0 Å². The van der Waals surface area contributed by atoms with Crippen LogP contribution in [0.5, 0.6) is 0 Å². The summed E-state index contributed by atoms with van der Waals surface area (Å²) in [6.45, 7) is 0.883. The van der Waals surface area contributed by atoms with Gasteiger partial charge >= 0.3 is 0 Å². The van der Waals surface area contributed by atoms with Gasteiger partial charge in [-0.05, 0) is 28.6 Å². The predicted octanol–water partition coefficient (Wildman–Crippen LogP) is 3.76. The highest BCUT2D eigenvalue weighted by molar-refractivity contribution is 7.09. The van der Waals surface area contributed by atoms with E-state index in [0.717, 1.165) is 16.0 Å². The standard InChI is InChI=1S/C21H18N2O2S/c24-20(22-13-15-7-2-1-3-8-15)19-17-10-4-5-11-18(17)21(25)23(19)14-16-9-6-12-26-16/h1-12,19H,13-14H2,(H,22,24). The number of nitrogens with one attached hydrogen (secondary N) is 1. The van der Waals surface area contributed by atoms with Gasteiger partial charge in [0.2, 0.25) is 5.91 Å². The third kappa shape index (κ3) is 3.13. The van der Waals surface area contributed by atoms with Gasteiger partial charge in [-0.15, -0.1) is 11.3 Å². The van der Waals surface area contributed by atoms with E-state index in [4.69, 9.17) is 0 Å². The summed E-state index contributed by atoms with van der Waals surface area (Å²) < 4.78 is 0. The van der Waals surface area contributed by atoms with Crippen LogP contribution in [0.15, 0.2) is 72.1 Å². The van der Waals surface area contributed by atoms with E-state index in [-0.39, 0.29) is 11.8 Å². The zero-order chi connectivity index (χ0) is 17.9. The van der Waals surface area contributed by atoms with Crippen molar-refractivity contribution in [3.05, 3.63) is 93.7 Å². The lowest BCUT2D eigenvalue weighted by Crippen LogP contribution is -2.38. The molecule has 0 spiro atoms. The first kappa shape index (κ1) is 16.5. The van der Waals surface area contributed by atoms with E-state index in [0.29, 0.717) is 18.7 Å². The highest BCUT2D eigenvalue weighted by Gasteiger charge is 2.40. The van der Waals surface area contributed by atoms with E-state index in [2.05, 4.69) is 5.32 Å². The minimum atomic E-state index is -0.593. The molecule has 3 aromatic rings. The van der Waals surface area contributed by atoms with Crippen molar-refractivity contribution in [2.45, 2.75) is 19.1 Å². The molecule has 2 aromatic carbocycles. The maximum absolute atomic E-state index is 13.0. The van der Waals surface area contributed by atoms with Crippen LogP contribution < -0.4 is 5.32 Å². The van der Waals surface area contributed by atoms with Crippen LogP contribution in [0.25, 0.3) is 0 Å². The van der Waals surface area contributed by atoms with Crippen molar-refractivity contribution in [3.8, 4) is 0 Å². The average molecular weight is 362 g/mol. The SMILES string of the molecule is O=C(NCc1ccccc1)C1c2ccccc2C(=O)N1Cc1cccs1. The Morgan fingerprint density at radius 2 is 1.77 bits per heavy atom. The molecule has 26 heavy (non-hydrogen) atoms. The van der Waals surface area contributed by atoms with Gasteiger partial charge in [-0.2, -0.15) is 0 Å². The van der Waals surface area contributed by atoms with Crippen LogP contribution in [0, 0.1) is 0 Å². The third-order valence-electron chi connectivity index (χ3n) is 4.52. The number of carbonyl (C=O) groups excluding carboxylic acids is 2. The number of nitrogens with zero attached hydrogens (tertiary/aromatic N) is 1. The Morgan fingerprint density at radius 3 is 2.54 bits per heavy atom. The van der Waals surface area contributed by atoms with Crippen LogP contribution in [0.3, 0.4) is 0 Å². The molecule has 130 valence electrons. The van der Waals surface area contributed by atoms with Crippen molar-refractivity contribution in [2.24, 2.45) is 0 Å². The predicted molar refractivity (Wildman–Crippen MR) is 102 cm³/mol. The summed E-state index contributed by atoms with van der Waals surface area (Å²) in [6.07, 6.45) is 0. The minimum absolute atomic E-state index is 0.0890. The van der Waals surface area contributed by atoms with E-state index >= 15 is 0 Å². The fourth-order valence-electron chi connectivity index (χ4n) is 3.27. The van der Waals surface area contributed by atoms with Gasteiger partial charge in [0.05, 0.1) is 6.54 Å². The maximum Gasteiger partial charge on any atom is 0.255 e. The summed E-state index contributed by atoms with van der Waals surface area (Å²) in [5.74, 6) is -0.238. The van der Waals surface area contributed by atoms with Crippen LogP contribution in [0.4, 0.5) is 0 Å². The molecule has 2 amide bonds. The van der Waals surface area contributed by atoms with Crippen molar-refractivity contribution in [1.82, 2.24) is 10.2 Å². The molecule has 0 aliphatic carbocycles. The quantitative estimate of drug-likeness (QED) is 0.751. The third-order valence-corrected chi connectivity index (χ3v) is 5.38. The molecule has 0 bridgehead atoms. The second-order valence-electron chi connectivity index (χ2n) is 6.21. The second-order valence-corrected chi connectivity index (χ2v) is 7.24. The summed E-state index contributed by atoms with van der Waals surface area (Å²) in [6, 6.07) is 20.5. The molecule has 1 aromatic heterocycles. The highest BCUT2D eigenvalue weighted by Crippen LogP contribution is 2.35. The smallest absolute Gasteiger partial charge is 0.255 e. The van der Waals surface area contributed by atoms with Crippen molar-refractivity contribution >= 4 is 23.2 Å².